The van der Waals surface area contributed by atoms with Gasteiger partial charge < -0.3 is 5.73 Å². The molecule has 1 aromatic heterocycles. The third-order valence-corrected chi connectivity index (χ3v) is 1.76. The van der Waals surface area contributed by atoms with E-state index in [0.717, 1.165) is 0 Å². The number of hydrogen-bond donors (Lipinski definition) is 1. The number of halogens is 5. The van der Waals surface area contributed by atoms with Crippen LogP contribution in [0, 0.1) is 0 Å². The van der Waals surface area contributed by atoms with Gasteiger partial charge in [0.25, 0.3) is 6.43 Å². The molecule has 0 aromatic carbocycles. The topological polar surface area (TPSA) is 38.9 Å². The highest BCUT2D eigenvalue weighted by molar-refractivity contribution is 5.29. The molecule has 2 N–H and O–H groups in total. The highest BCUT2D eigenvalue weighted by Crippen LogP contribution is 2.32. The number of rotatable bonds is 2. The van der Waals surface area contributed by atoms with Crippen LogP contribution in [0.25, 0.3) is 0 Å². The molecule has 0 aliphatic rings. The summed E-state index contributed by atoms with van der Waals surface area (Å²) in [5.41, 5.74) is 2.88. The third kappa shape index (κ3) is 2.62. The quantitative estimate of drug-likeness (QED) is 0.787. The van der Waals surface area contributed by atoms with E-state index in [1.54, 1.807) is 0 Å². The Bertz CT molecular complexity index is 347. The highest BCUT2D eigenvalue weighted by Gasteiger charge is 2.34. The molecular formula is C8H7F5N2. The number of hydrogen-bond acceptors (Lipinski definition) is 2. The van der Waals surface area contributed by atoms with Gasteiger partial charge in [-0.2, -0.15) is 13.2 Å². The number of aromatic nitrogens is 1. The molecule has 0 spiro atoms. The van der Waals surface area contributed by atoms with Crippen molar-refractivity contribution in [2.75, 3.05) is 0 Å². The molecule has 0 amide bonds. The maximum atomic E-state index is 12.3. The van der Waals surface area contributed by atoms with Gasteiger partial charge in [0.05, 0.1) is 5.56 Å². The average molecular weight is 226 g/mol. The fourth-order valence-corrected chi connectivity index (χ4v) is 1.06. The Kier molecular flexibility index (Phi) is 3.23. The first-order valence-corrected chi connectivity index (χ1v) is 3.90. The van der Waals surface area contributed by atoms with Crippen molar-refractivity contribution in [3.8, 4) is 0 Å². The largest absolute Gasteiger partial charge is 0.418 e. The zero-order chi connectivity index (χ0) is 11.6. The number of nitrogens with two attached hydrogens (primary N) is 1. The van der Waals surface area contributed by atoms with Gasteiger partial charge in [-0.15, -0.1) is 0 Å². The number of nitrogens with zero attached hydrogens (tertiary/aromatic N) is 1. The van der Waals surface area contributed by atoms with Gasteiger partial charge in [-0.25, -0.2) is 8.78 Å². The van der Waals surface area contributed by atoms with Crippen LogP contribution in [0.3, 0.4) is 0 Å². The molecule has 0 bridgehead atoms. The molecule has 0 aliphatic carbocycles. The smallest absolute Gasteiger partial charge is 0.326 e. The van der Waals surface area contributed by atoms with Crippen LogP contribution in [0.5, 0.6) is 0 Å². The van der Waals surface area contributed by atoms with Gasteiger partial charge in [-0.05, 0) is 11.6 Å². The van der Waals surface area contributed by atoms with E-state index >= 15 is 0 Å². The maximum Gasteiger partial charge on any atom is 0.418 e. The molecule has 1 heterocycles. The normalized spacial score (nSPS) is 12.2. The maximum absolute atomic E-state index is 12.3. The summed E-state index contributed by atoms with van der Waals surface area (Å²) in [6.07, 6.45) is -7.15. The minimum absolute atomic E-state index is 0.379. The molecule has 0 unspecified atom stereocenters. The zero-order valence-electron chi connectivity index (χ0n) is 7.35. The van der Waals surface area contributed by atoms with Crippen LogP contribution in [-0.4, -0.2) is 4.98 Å². The van der Waals surface area contributed by atoms with Gasteiger partial charge in [-0.1, -0.05) is 0 Å². The fourth-order valence-electron chi connectivity index (χ4n) is 1.06. The van der Waals surface area contributed by atoms with Crippen LogP contribution in [0.2, 0.25) is 0 Å². The van der Waals surface area contributed by atoms with Crippen LogP contribution >= 0.6 is 0 Å². The molecular weight excluding hydrogens is 219 g/mol. The summed E-state index contributed by atoms with van der Waals surface area (Å²) in [7, 11) is 0. The Balaban J connectivity index is 3.21. The second kappa shape index (κ2) is 4.09. The lowest BCUT2D eigenvalue weighted by Gasteiger charge is -2.11. The van der Waals surface area contributed by atoms with Crippen molar-refractivity contribution < 1.29 is 22.0 Å². The summed E-state index contributed by atoms with van der Waals surface area (Å²) in [4.78, 5) is 3.03. The Morgan fingerprint density at radius 3 is 2.33 bits per heavy atom. The van der Waals surface area contributed by atoms with Crippen molar-refractivity contribution in [1.82, 2.24) is 4.98 Å². The van der Waals surface area contributed by atoms with Gasteiger partial charge in [0.1, 0.15) is 5.69 Å². The first-order chi connectivity index (χ1) is 6.86. The van der Waals surface area contributed by atoms with Crippen molar-refractivity contribution >= 4 is 0 Å². The predicted octanol–water partition coefficient (Wildman–Crippen LogP) is 2.50. The first-order valence-electron chi connectivity index (χ1n) is 3.90. The molecule has 2 nitrogen and oxygen atoms in total. The van der Waals surface area contributed by atoms with Crippen molar-refractivity contribution in [3.05, 3.63) is 29.1 Å². The minimum Gasteiger partial charge on any atom is -0.326 e. The van der Waals surface area contributed by atoms with Crippen LogP contribution in [0.15, 0.2) is 12.3 Å². The van der Waals surface area contributed by atoms with Gasteiger partial charge in [-0.3, -0.25) is 4.98 Å². The Labute approximate surface area is 81.9 Å². The number of alkyl halides is 5. The predicted molar refractivity (Wildman–Crippen MR) is 42.1 cm³/mol. The minimum atomic E-state index is -4.62. The molecule has 7 heteroatoms. The van der Waals surface area contributed by atoms with E-state index in [1.807, 2.05) is 0 Å². The molecule has 0 atom stereocenters. The SMILES string of the molecule is NCc1cc(C(F)F)ncc1C(F)(F)F. The van der Waals surface area contributed by atoms with Crippen molar-refractivity contribution in [1.29, 1.82) is 0 Å². The summed E-state index contributed by atoms with van der Waals surface area (Å²) in [6.45, 7) is -0.461. The Morgan fingerprint density at radius 2 is 1.93 bits per heavy atom. The molecule has 84 valence electrons. The molecule has 0 aliphatic heterocycles. The summed E-state index contributed by atoms with van der Waals surface area (Å²) < 4.78 is 61.1. The van der Waals surface area contributed by atoms with E-state index in [0.29, 0.717) is 12.3 Å². The van der Waals surface area contributed by atoms with E-state index in [9.17, 15) is 22.0 Å². The standard InChI is InChI=1S/C8H7F5N2/c9-7(10)6-1-4(2-14)5(3-15-6)8(11,12)13/h1,3,7H,2,14H2. The van der Waals surface area contributed by atoms with Crippen LogP contribution < -0.4 is 5.73 Å². The van der Waals surface area contributed by atoms with Gasteiger partial charge in [0.2, 0.25) is 0 Å². The summed E-state index contributed by atoms with van der Waals surface area (Å²) in [5.74, 6) is 0. The van der Waals surface area contributed by atoms with E-state index in [1.165, 1.54) is 0 Å². The zero-order valence-corrected chi connectivity index (χ0v) is 7.35. The summed E-state index contributed by atoms with van der Waals surface area (Å²) >= 11 is 0. The Hall–Kier alpha value is -1.24. The molecule has 1 rings (SSSR count). The van der Waals surface area contributed by atoms with E-state index in [4.69, 9.17) is 5.73 Å². The lowest BCUT2D eigenvalue weighted by atomic mass is 10.1. The monoisotopic (exact) mass is 226 g/mol. The van der Waals surface area contributed by atoms with Crippen molar-refractivity contribution in [2.24, 2.45) is 5.73 Å². The van der Waals surface area contributed by atoms with Crippen LogP contribution in [0.1, 0.15) is 23.2 Å². The highest BCUT2D eigenvalue weighted by atomic mass is 19.4. The summed E-state index contributed by atoms with van der Waals surface area (Å²) in [5, 5.41) is 0. The average Bonchev–Trinajstić information content (AvgIpc) is 2.15. The van der Waals surface area contributed by atoms with Crippen molar-refractivity contribution in [3.63, 3.8) is 0 Å². The molecule has 1 aromatic rings. The molecule has 15 heavy (non-hydrogen) atoms. The van der Waals surface area contributed by atoms with Crippen LogP contribution in [-0.2, 0) is 12.7 Å². The second-order valence-electron chi connectivity index (χ2n) is 2.77. The molecule has 0 saturated carbocycles. The fraction of sp³-hybridized carbons (Fsp3) is 0.375. The third-order valence-electron chi connectivity index (χ3n) is 1.76. The lowest BCUT2D eigenvalue weighted by molar-refractivity contribution is -0.138. The number of pyridine rings is 1. The lowest BCUT2D eigenvalue weighted by Crippen LogP contribution is -2.13. The molecule has 0 fully saturated rings. The van der Waals surface area contributed by atoms with Gasteiger partial charge in [0.15, 0.2) is 0 Å². The Morgan fingerprint density at radius 1 is 1.33 bits per heavy atom. The second-order valence-corrected chi connectivity index (χ2v) is 2.77. The summed E-state index contributed by atoms with van der Waals surface area (Å²) in [6, 6.07) is 0.674. The van der Waals surface area contributed by atoms with E-state index in [-0.39, 0.29) is 5.56 Å². The van der Waals surface area contributed by atoms with E-state index < -0.39 is 30.4 Å². The van der Waals surface area contributed by atoms with Gasteiger partial charge >= 0.3 is 6.18 Å². The first kappa shape index (κ1) is 11.8. The van der Waals surface area contributed by atoms with Crippen LogP contribution in [0.4, 0.5) is 22.0 Å². The molecule has 0 saturated heterocycles. The van der Waals surface area contributed by atoms with Gasteiger partial charge in [0, 0.05) is 12.7 Å². The molecule has 0 radical (unpaired) electrons. The van der Waals surface area contributed by atoms with Crippen molar-refractivity contribution in [2.45, 2.75) is 19.1 Å². The van der Waals surface area contributed by atoms with E-state index in [2.05, 4.69) is 4.98 Å².